The second kappa shape index (κ2) is 5.30. The van der Waals surface area contributed by atoms with Crippen LogP contribution in [0.2, 0.25) is 0 Å². The molecule has 0 saturated heterocycles. The van der Waals surface area contributed by atoms with E-state index in [0.29, 0.717) is 6.42 Å². The Balaban J connectivity index is 3.30. The summed E-state index contributed by atoms with van der Waals surface area (Å²) in [6.45, 7) is 1.98. The third-order valence-electron chi connectivity index (χ3n) is 2.60. The predicted octanol–water partition coefficient (Wildman–Crippen LogP) is 2.19. The molecule has 1 atom stereocenters. The first-order valence-electron chi connectivity index (χ1n) is 5.13. The maximum absolute atomic E-state index is 9.19. The van der Waals surface area contributed by atoms with Crippen LogP contribution in [0.25, 0.3) is 0 Å². The van der Waals surface area contributed by atoms with Crippen LogP contribution in [0.5, 0.6) is 0 Å². The van der Waals surface area contributed by atoms with Crippen molar-refractivity contribution in [1.82, 2.24) is 4.90 Å². The average Bonchev–Trinajstić information content (AvgIpc) is 2.23. The van der Waals surface area contributed by atoms with Crippen molar-refractivity contribution in [3.8, 4) is 12.1 Å². The molecule has 3 heteroatoms. The van der Waals surface area contributed by atoms with Gasteiger partial charge in [-0.15, -0.1) is 0 Å². The van der Waals surface area contributed by atoms with E-state index in [1.165, 1.54) is 0 Å². The van der Waals surface area contributed by atoms with Gasteiger partial charge < -0.3 is 0 Å². The summed E-state index contributed by atoms with van der Waals surface area (Å²) in [5, 5.41) is 18.0. The second-order valence-corrected chi connectivity index (χ2v) is 3.98. The van der Waals surface area contributed by atoms with Gasteiger partial charge in [0.1, 0.15) is 6.04 Å². The number of nitriles is 2. The van der Waals surface area contributed by atoms with Gasteiger partial charge in [0.05, 0.1) is 18.6 Å². The molecule has 0 amide bonds. The molecule has 16 heavy (non-hydrogen) atoms. The van der Waals surface area contributed by atoms with E-state index in [9.17, 15) is 5.26 Å². The molecule has 0 aromatic heterocycles. The van der Waals surface area contributed by atoms with Crippen molar-refractivity contribution >= 4 is 0 Å². The van der Waals surface area contributed by atoms with Crippen molar-refractivity contribution in [2.45, 2.75) is 19.4 Å². The quantitative estimate of drug-likeness (QED) is 0.773. The van der Waals surface area contributed by atoms with Gasteiger partial charge in [0, 0.05) is 0 Å². The van der Waals surface area contributed by atoms with Gasteiger partial charge in [0.2, 0.25) is 0 Å². The van der Waals surface area contributed by atoms with E-state index in [1.807, 2.05) is 44.1 Å². The molecule has 1 unspecified atom stereocenters. The molecule has 82 valence electrons. The molecule has 0 heterocycles. The molecule has 0 fully saturated rings. The molecule has 0 aliphatic rings. The Labute approximate surface area is 96.5 Å². The normalized spacial score (nSPS) is 11.9. The molecule has 1 aromatic rings. The Kier molecular flexibility index (Phi) is 4.05. The van der Waals surface area contributed by atoms with Crippen molar-refractivity contribution in [3.63, 3.8) is 0 Å². The number of hydrogen-bond donors (Lipinski definition) is 0. The highest BCUT2D eigenvalue weighted by atomic mass is 15.1. The summed E-state index contributed by atoms with van der Waals surface area (Å²) >= 11 is 0. The largest absolute Gasteiger partial charge is 0.291 e. The van der Waals surface area contributed by atoms with Crippen molar-refractivity contribution in [1.29, 1.82) is 10.5 Å². The van der Waals surface area contributed by atoms with E-state index in [4.69, 9.17) is 5.26 Å². The van der Waals surface area contributed by atoms with Crippen molar-refractivity contribution in [2.24, 2.45) is 0 Å². The van der Waals surface area contributed by atoms with Crippen LogP contribution in [0.4, 0.5) is 0 Å². The lowest BCUT2D eigenvalue weighted by molar-refractivity contribution is 0.356. The fraction of sp³-hybridized carbons (Fsp3) is 0.385. The van der Waals surface area contributed by atoms with E-state index < -0.39 is 0 Å². The van der Waals surface area contributed by atoms with Gasteiger partial charge >= 0.3 is 0 Å². The van der Waals surface area contributed by atoms with E-state index in [2.05, 4.69) is 12.1 Å². The average molecular weight is 213 g/mol. The molecule has 0 spiro atoms. The van der Waals surface area contributed by atoms with Crippen LogP contribution in [0.15, 0.2) is 18.2 Å². The molecule has 0 bridgehead atoms. The van der Waals surface area contributed by atoms with E-state index in [1.54, 1.807) is 0 Å². The first-order valence-corrected chi connectivity index (χ1v) is 5.13. The molecule has 1 aromatic carbocycles. The van der Waals surface area contributed by atoms with Gasteiger partial charge in [-0.25, -0.2) is 0 Å². The summed E-state index contributed by atoms with van der Waals surface area (Å²) in [4.78, 5) is 1.86. The lowest BCUT2D eigenvalue weighted by Gasteiger charge is -2.21. The first kappa shape index (κ1) is 12.2. The van der Waals surface area contributed by atoms with E-state index in [-0.39, 0.29) is 6.04 Å². The standard InChI is InChI=1S/C13H15N3/c1-10-5-4-6-11(7-8-14)13(10)12(9-15)16(2)3/h4-6,12H,7H2,1-3H3. The maximum Gasteiger partial charge on any atom is 0.123 e. The van der Waals surface area contributed by atoms with Crippen LogP contribution in [0, 0.1) is 29.6 Å². The monoisotopic (exact) mass is 213 g/mol. The fourth-order valence-corrected chi connectivity index (χ4v) is 1.81. The summed E-state index contributed by atoms with van der Waals surface area (Å²) in [5.74, 6) is 0. The zero-order valence-corrected chi connectivity index (χ0v) is 9.86. The number of nitrogens with zero attached hydrogens (tertiary/aromatic N) is 3. The Morgan fingerprint density at radius 2 is 2.00 bits per heavy atom. The van der Waals surface area contributed by atoms with Gasteiger partial charge in [0.25, 0.3) is 0 Å². The van der Waals surface area contributed by atoms with Gasteiger partial charge in [-0.3, -0.25) is 4.90 Å². The third-order valence-corrected chi connectivity index (χ3v) is 2.60. The topological polar surface area (TPSA) is 50.8 Å². The lowest BCUT2D eigenvalue weighted by atomic mass is 9.94. The van der Waals surface area contributed by atoms with Crippen molar-refractivity contribution in [2.75, 3.05) is 14.1 Å². The van der Waals surface area contributed by atoms with Crippen LogP contribution in [-0.2, 0) is 6.42 Å². The molecule has 0 N–H and O–H groups in total. The SMILES string of the molecule is Cc1cccc(CC#N)c1C(C#N)N(C)C. The van der Waals surface area contributed by atoms with Gasteiger partial charge in [-0.05, 0) is 37.7 Å². The summed E-state index contributed by atoms with van der Waals surface area (Å²) < 4.78 is 0. The summed E-state index contributed by atoms with van der Waals surface area (Å²) in [6.07, 6.45) is 0.350. The van der Waals surface area contributed by atoms with Crippen LogP contribution >= 0.6 is 0 Å². The Morgan fingerprint density at radius 3 is 2.50 bits per heavy atom. The number of aryl methyl sites for hydroxylation is 1. The highest BCUT2D eigenvalue weighted by Crippen LogP contribution is 2.25. The molecule has 1 rings (SSSR count). The summed E-state index contributed by atoms with van der Waals surface area (Å²) in [5.41, 5.74) is 2.98. The molecule has 3 nitrogen and oxygen atoms in total. The van der Waals surface area contributed by atoms with Crippen molar-refractivity contribution < 1.29 is 0 Å². The molecule has 0 aliphatic heterocycles. The fourth-order valence-electron chi connectivity index (χ4n) is 1.81. The summed E-state index contributed by atoms with van der Waals surface area (Å²) in [7, 11) is 3.74. The Morgan fingerprint density at radius 1 is 1.31 bits per heavy atom. The van der Waals surface area contributed by atoms with Gasteiger partial charge in [0.15, 0.2) is 0 Å². The van der Waals surface area contributed by atoms with Crippen LogP contribution in [0.1, 0.15) is 22.7 Å². The van der Waals surface area contributed by atoms with E-state index in [0.717, 1.165) is 16.7 Å². The predicted molar refractivity (Wildman–Crippen MR) is 62.5 cm³/mol. The zero-order valence-electron chi connectivity index (χ0n) is 9.86. The minimum absolute atomic E-state index is 0.287. The minimum atomic E-state index is -0.287. The second-order valence-electron chi connectivity index (χ2n) is 3.98. The smallest absolute Gasteiger partial charge is 0.123 e. The molecule has 0 aliphatic carbocycles. The highest BCUT2D eigenvalue weighted by molar-refractivity contribution is 5.40. The number of benzene rings is 1. The first-order chi connectivity index (χ1) is 7.61. The number of rotatable bonds is 3. The molecule has 0 radical (unpaired) electrons. The minimum Gasteiger partial charge on any atom is -0.291 e. The third kappa shape index (κ3) is 2.39. The Hall–Kier alpha value is -1.84. The van der Waals surface area contributed by atoms with Gasteiger partial charge in [-0.1, -0.05) is 18.2 Å². The summed E-state index contributed by atoms with van der Waals surface area (Å²) in [6, 6.07) is 9.95. The van der Waals surface area contributed by atoms with Gasteiger partial charge in [-0.2, -0.15) is 10.5 Å². The highest BCUT2D eigenvalue weighted by Gasteiger charge is 2.18. The maximum atomic E-state index is 9.19. The van der Waals surface area contributed by atoms with Crippen LogP contribution in [0.3, 0.4) is 0 Å². The molecule has 0 saturated carbocycles. The van der Waals surface area contributed by atoms with Crippen molar-refractivity contribution in [3.05, 3.63) is 34.9 Å². The van der Waals surface area contributed by atoms with Crippen LogP contribution in [-0.4, -0.2) is 19.0 Å². The number of hydrogen-bond acceptors (Lipinski definition) is 3. The van der Waals surface area contributed by atoms with Crippen LogP contribution < -0.4 is 0 Å². The zero-order chi connectivity index (χ0) is 12.1. The molecular weight excluding hydrogens is 198 g/mol. The van der Waals surface area contributed by atoms with E-state index >= 15 is 0 Å². The lowest BCUT2D eigenvalue weighted by Crippen LogP contribution is -2.20. The molecular formula is C13H15N3. The Bertz CT molecular complexity index is 449.